The number of aliphatic hydroxyl groups excluding tert-OH is 1. The van der Waals surface area contributed by atoms with Gasteiger partial charge in [-0.25, -0.2) is 0 Å². The predicted molar refractivity (Wildman–Crippen MR) is 75.8 cm³/mol. The van der Waals surface area contributed by atoms with Crippen LogP contribution in [0.3, 0.4) is 0 Å². The lowest BCUT2D eigenvalue weighted by molar-refractivity contribution is -0.122. The summed E-state index contributed by atoms with van der Waals surface area (Å²) in [7, 11) is 0. The second-order valence-corrected chi connectivity index (χ2v) is 6.41. The number of benzene rings is 1. The van der Waals surface area contributed by atoms with Gasteiger partial charge in [-0.2, -0.15) is 0 Å². The van der Waals surface area contributed by atoms with Crippen molar-refractivity contribution >= 4 is 27.5 Å². The van der Waals surface area contributed by atoms with Crippen LogP contribution in [0.5, 0.6) is 0 Å². The lowest BCUT2D eigenvalue weighted by atomic mass is 9.86. The molecule has 0 aromatic heterocycles. The Kier molecular flexibility index (Phi) is 3.52. The standard InChI is InChI=1S/C14H18BrNO2/c1-9(8-17)7-16-12-6-10(15)4-5-11(12)14(2,3)13(16)18/h4-6,9,17H,7-8H2,1-3H3. The molecule has 1 aromatic carbocycles. The molecule has 98 valence electrons. The van der Waals surface area contributed by atoms with Crippen molar-refractivity contribution in [1.29, 1.82) is 0 Å². The minimum absolute atomic E-state index is 0.0784. The number of fused-ring (bicyclic) bond motifs is 1. The molecular weight excluding hydrogens is 294 g/mol. The van der Waals surface area contributed by atoms with E-state index in [0.717, 1.165) is 15.7 Å². The van der Waals surface area contributed by atoms with Crippen LogP contribution in [-0.4, -0.2) is 24.2 Å². The molecule has 1 N–H and O–H groups in total. The zero-order chi connectivity index (χ0) is 13.5. The van der Waals surface area contributed by atoms with E-state index in [1.54, 1.807) is 4.90 Å². The first-order valence-electron chi connectivity index (χ1n) is 6.10. The monoisotopic (exact) mass is 311 g/mol. The summed E-state index contributed by atoms with van der Waals surface area (Å²) in [5.74, 6) is 0.186. The number of aliphatic hydroxyl groups is 1. The first kappa shape index (κ1) is 13.6. The van der Waals surface area contributed by atoms with Crippen LogP contribution < -0.4 is 4.90 Å². The molecule has 0 radical (unpaired) electrons. The smallest absolute Gasteiger partial charge is 0.237 e. The number of nitrogens with zero attached hydrogens (tertiary/aromatic N) is 1. The molecule has 3 nitrogen and oxygen atoms in total. The summed E-state index contributed by atoms with van der Waals surface area (Å²) in [5, 5.41) is 9.17. The van der Waals surface area contributed by atoms with E-state index in [0.29, 0.717) is 6.54 Å². The maximum Gasteiger partial charge on any atom is 0.237 e. The van der Waals surface area contributed by atoms with Crippen LogP contribution in [0.2, 0.25) is 0 Å². The third kappa shape index (κ3) is 2.08. The number of hydrogen-bond donors (Lipinski definition) is 1. The molecule has 0 spiro atoms. The number of anilines is 1. The van der Waals surface area contributed by atoms with Gasteiger partial charge >= 0.3 is 0 Å². The number of rotatable bonds is 3. The zero-order valence-corrected chi connectivity index (χ0v) is 12.5. The van der Waals surface area contributed by atoms with Crippen molar-refractivity contribution in [2.45, 2.75) is 26.2 Å². The molecule has 1 aromatic rings. The first-order valence-corrected chi connectivity index (χ1v) is 6.90. The molecule has 18 heavy (non-hydrogen) atoms. The van der Waals surface area contributed by atoms with E-state index in [1.165, 1.54) is 0 Å². The average molecular weight is 312 g/mol. The van der Waals surface area contributed by atoms with Gasteiger partial charge in [-0.15, -0.1) is 0 Å². The summed E-state index contributed by atoms with van der Waals surface area (Å²) >= 11 is 3.45. The predicted octanol–water partition coefficient (Wildman–Crippen LogP) is 2.70. The minimum atomic E-state index is -0.481. The summed E-state index contributed by atoms with van der Waals surface area (Å²) < 4.78 is 0.966. The van der Waals surface area contributed by atoms with Crippen LogP contribution in [0.25, 0.3) is 0 Å². The normalized spacial score (nSPS) is 18.9. The van der Waals surface area contributed by atoms with Gasteiger partial charge in [0.2, 0.25) is 5.91 Å². The Morgan fingerprint density at radius 1 is 1.44 bits per heavy atom. The molecule has 1 aliphatic heterocycles. The fourth-order valence-electron chi connectivity index (χ4n) is 2.37. The van der Waals surface area contributed by atoms with Crippen LogP contribution >= 0.6 is 15.9 Å². The van der Waals surface area contributed by atoms with Gasteiger partial charge in [0.05, 0.1) is 5.41 Å². The maximum absolute atomic E-state index is 12.5. The van der Waals surface area contributed by atoms with Gasteiger partial charge in [-0.05, 0) is 37.5 Å². The van der Waals surface area contributed by atoms with E-state index in [-0.39, 0.29) is 18.4 Å². The number of carbonyl (C=O) groups is 1. The number of amides is 1. The van der Waals surface area contributed by atoms with Gasteiger partial charge in [0, 0.05) is 23.3 Å². The van der Waals surface area contributed by atoms with Crippen LogP contribution in [0.4, 0.5) is 5.69 Å². The molecule has 2 rings (SSSR count). The van der Waals surface area contributed by atoms with Crippen molar-refractivity contribution in [3.63, 3.8) is 0 Å². The number of halogens is 1. The molecule has 0 saturated carbocycles. The Bertz CT molecular complexity index is 485. The van der Waals surface area contributed by atoms with Gasteiger partial charge in [-0.1, -0.05) is 28.9 Å². The van der Waals surface area contributed by atoms with Gasteiger partial charge in [-0.3, -0.25) is 4.79 Å². The highest BCUT2D eigenvalue weighted by Gasteiger charge is 2.43. The summed E-state index contributed by atoms with van der Waals surface area (Å²) in [4.78, 5) is 14.3. The van der Waals surface area contributed by atoms with Crippen LogP contribution in [0, 0.1) is 5.92 Å². The van der Waals surface area contributed by atoms with E-state index in [2.05, 4.69) is 15.9 Å². The molecule has 1 atom stereocenters. The van der Waals surface area contributed by atoms with Crippen molar-refractivity contribution in [2.75, 3.05) is 18.1 Å². The molecule has 0 fully saturated rings. The van der Waals surface area contributed by atoms with Crippen molar-refractivity contribution in [2.24, 2.45) is 5.92 Å². The fraction of sp³-hybridized carbons (Fsp3) is 0.500. The fourth-order valence-corrected chi connectivity index (χ4v) is 2.72. The lowest BCUT2D eigenvalue weighted by Crippen LogP contribution is -2.39. The Morgan fingerprint density at radius 2 is 2.11 bits per heavy atom. The van der Waals surface area contributed by atoms with Crippen molar-refractivity contribution in [3.05, 3.63) is 28.2 Å². The third-order valence-corrected chi connectivity index (χ3v) is 4.00. The number of carbonyl (C=O) groups excluding carboxylic acids is 1. The lowest BCUT2D eigenvalue weighted by Gasteiger charge is -2.23. The van der Waals surface area contributed by atoms with Crippen LogP contribution in [-0.2, 0) is 10.2 Å². The molecule has 1 amide bonds. The molecular formula is C14H18BrNO2. The second-order valence-electron chi connectivity index (χ2n) is 5.49. The Labute approximate surface area is 116 Å². The average Bonchev–Trinajstić information content (AvgIpc) is 2.50. The summed E-state index contributed by atoms with van der Waals surface area (Å²) in [6.45, 7) is 6.49. The van der Waals surface area contributed by atoms with E-state index >= 15 is 0 Å². The first-order chi connectivity index (χ1) is 8.37. The Morgan fingerprint density at radius 3 is 2.72 bits per heavy atom. The van der Waals surface area contributed by atoms with E-state index in [9.17, 15) is 4.79 Å². The van der Waals surface area contributed by atoms with Gasteiger partial charge in [0.25, 0.3) is 0 Å². The largest absolute Gasteiger partial charge is 0.396 e. The minimum Gasteiger partial charge on any atom is -0.396 e. The summed E-state index contributed by atoms with van der Waals surface area (Å²) in [5.41, 5.74) is 1.53. The Hall–Kier alpha value is -0.870. The molecule has 4 heteroatoms. The quantitative estimate of drug-likeness (QED) is 0.932. The molecule has 1 unspecified atom stereocenters. The highest BCUT2D eigenvalue weighted by molar-refractivity contribution is 9.10. The topological polar surface area (TPSA) is 40.5 Å². The van der Waals surface area contributed by atoms with Gasteiger partial charge < -0.3 is 10.0 Å². The summed E-state index contributed by atoms with van der Waals surface area (Å²) in [6.07, 6.45) is 0. The molecule has 0 aliphatic carbocycles. The Balaban J connectivity index is 2.45. The van der Waals surface area contributed by atoms with E-state index < -0.39 is 5.41 Å². The zero-order valence-electron chi connectivity index (χ0n) is 10.9. The van der Waals surface area contributed by atoms with Crippen molar-refractivity contribution in [1.82, 2.24) is 0 Å². The van der Waals surface area contributed by atoms with Gasteiger partial charge in [0.1, 0.15) is 0 Å². The van der Waals surface area contributed by atoms with Crippen LogP contribution in [0.1, 0.15) is 26.3 Å². The molecule has 1 heterocycles. The second kappa shape index (κ2) is 4.67. The molecule has 0 saturated heterocycles. The summed E-state index contributed by atoms with van der Waals surface area (Å²) in [6, 6.07) is 5.94. The highest BCUT2D eigenvalue weighted by Crippen LogP contribution is 2.42. The van der Waals surface area contributed by atoms with E-state index in [1.807, 2.05) is 39.0 Å². The van der Waals surface area contributed by atoms with Crippen molar-refractivity contribution in [3.8, 4) is 0 Å². The highest BCUT2D eigenvalue weighted by atomic mass is 79.9. The van der Waals surface area contributed by atoms with Gasteiger partial charge in [0.15, 0.2) is 0 Å². The molecule has 1 aliphatic rings. The third-order valence-electron chi connectivity index (χ3n) is 3.51. The number of hydrogen-bond acceptors (Lipinski definition) is 2. The van der Waals surface area contributed by atoms with Crippen molar-refractivity contribution < 1.29 is 9.90 Å². The maximum atomic E-state index is 12.5. The SMILES string of the molecule is CC(CO)CN1C(=O)C(C)(C)c2ccc(Br)cc21. The van der Waals surface area contributed by atoms with E-state index in [4.69, 9.17) is 5.11 Å². The molecule has 0 bridgehead atoms. The van der Waals surface area contributed by atoms with Crippen LogP contribution in [0.15, 0.2) is 22.7 Å².